The predicted molar refractivity (Wildman–Crippen MR) is 146 cm³/mol. The molecule has 9 heteroatoms. The highest BCUT2D eigenvalue weighted by molar-refractivity contribution is 7.98. The summed E-state index contributed by atoms with van der Waals surface area (Å²) in [5.41, 5.74) is 2.11. The molecule has 37 heavy (non-hydrogen) atoms. The van der Waals surface area contributed by atoms with Gasteiger partial charge in [-0.15, -0.1) is 0 Å². The van der Waals surface area contributed by atoms with Crippen LogP contribution in [0.25, 0.3) is 11.0 Å². The predicted octanol–water partition coefficient (Wildman–Crippen LogP) is 4.64. The number of hydrogen-bond acceptors (Lipinski definition) is 7. The number of esters is 1. The minimum atomic E-state index is -0.847. The van der Waals surface area contributed by atoms with Crippen LogP contribution in [-0.4, -0.2) is 35.8 Å². The van der Waals surface area contributed by atoms with Gasteiger partial charge in [0.15, 0.2) is 0 Å². The molecule has 3 aromatic rings. The molecule has 2 N–H and O–H groups in total. The minimum absolute atomic E-state index is 0.0377. The van der Waals surface area contributed by atoms with E-state index in [1.165, 1.54) is 19.1 Å². The maximum absolute atomic E-state index is 13.0. The minimum Gasteiger partial charge on any atom is -0.459 e. The Hall–Kier alpha value is -3.59. The summed E-state index contributed by atoms with van der Waals surface area (Å²) in [5, 5.41) is 6.00. The lowest BCUT2D eigenvalue weighted by Gasteiger charge is -2.20. The number of ether oxygens (including phenoxy) is 1. The fourth-order valence-corrected chi connectivity index (χ4v) is 4.20. The topological polar surface area (TPSA) is 115 Å². The van der Waals surface area contributed by atoms with Crippen LogP contribution in [0.4, 0.5) is 5.69 Å². The summed E-state index contributed by atoms with van der Waals surface area (Å²) >= 11 is 1.56. The van der Waals surface area contributed by atoms with E-state index in [4.69, 9.17) is 9.15 Å². The lowest BCUT2D eigenvalue weighted by Crippen LogP contribution is -2.42. The van der Waals surface area contributed by atoms with E-state index in [1.54, 1.807) is 36.0 Å². The second kappa shape index (κ2) is 12.1. The molecule has 0 aliphatic rings. The van der Waals surface area contributed by atoms with Crippen molar-refractivity contribution in [2.75, 3.05) is 17.3 Å². The van der Waals surface area contributed by atoms with E-state index in [0.29, 0.717) is 34.4 Å². The Labute approximate surface area is 220 Å². The van der Waals surface area contributed by atoms with Crippen molar-refractivity contribution in [1.82, 2.24) is 5.32 Å². The maximum Gasteiger partial charge on any atom is 0.336 e. The molecule has 196 valence electrons. The maximum atomic E-state index is 13.0. The highest BCUT2D eigenvalue weighted by atomic mass is 32.2. The third kappa shape index (κ3) is 7.69. The molecule has 1 heterocycles. The van der Waals surface area contributed by atoms with Crippen LogP contribution >= 0.6 is 11.8 Å². The van der Waals surface area contributed by atoms with E-state index >= 15 is 0 Å². The second-order valence-corrected chi connectivity index (χ2v) is 10.7. The van der Waals surface area contributed by atoms with Gasteiger partial charge in [-0.2, -0.15) is 11.8 Å². The van der Waals surface area contributed by atoms with Crippen LogP contribution < -0.4 is 16.3 Å². The molecule has 3 rings (SSSR count). The molecule has 0 bridgehead atoms. The van der Waals surface area contributed by atoms with Crippen molar-refractivity contribution < 1.29 is 23.5 Å². The summed E-state index contributed by atoms with van der Waals surface area (Å²) in [7, 11) is 0. The van der Waals surface area contributed by atoms with Gasteiger partial charge in [0.25, 0.3) is 5.91 Å². The first-order valence-corrected chi connectivity index (χ1v) is 13.3. The van der Waals surface area contributed by atoms with Gasteiger partial charge in [-0.05, 0) is 53.7 Å². The summed E-state index contributed by atoms with van der Waals surface area (Å²) < 4.78 is 10.8. The van der Waals surface area contributed by atoms with Crippen molar-refractivity contribution in [1.29, 1.82) is 0 Å². The number of hydrogen-bond donors (Lipinski definition) is 2. The lowest BCUT2D eigenvalue weighted by atomic mass is 9.86. The lowest BCUT2D eigenvalue weighted by molar-refractivity contribution is -0.147. The molecule has 0 saturated carbocycles. The molecule has 0 aliphatic heterocycles. The molecule has 0 fully saturated rings. The zero-order valence-electron chi connectivity index (χ0n) is 21.7. The fourth-order valence-electron chi connectivity index (χ4n) is 3.73. The van der Waals surface area contributed by atoms with Gasteiger partial charge >= 0.3 is 11.6 Å². The number of carbonyl (C=O) groups is 3. The number of amides is 2. The molecule has 0 spiro atoms. The van der Waals surface area contributed by atoms with E-state index in [9.17, 15) is 19.2 Å². The monoisotopic (exact) mass is 524 g/mol. The van der Waals surface area contributed by atoms with Gasteiger partial charge in [-0.1, -0.05) is 32.9 Å². The second-order valence-electron chi connectivity index (χ2n) is 9.73. The Kier molecular flexibility index (Phi) is 9.15. The number of fused-ring (bicyclic) bond motifs is 1. The molecule has 0 saturated heterocycles. The molecule has 8 nitrogen and oxygen atoms in total. The number of rotatable bonds is 9. The van der Waals surface area contributed by atoms with Gasteiger partial charge in [-0.25, -0.2) is 9.59 Å². The van der Waals surface area contributed by atoms with Crippen LogP contribution in [0, 0.1) is 0 Å². The first-order valence-electron chi connectivity index (χ1n) is 11.9. The summed E-state index contributed by atoms with van der Waals surface area (Å²) in [5.74, 6) is -0.563. The van der Waals surface area contributed by atoms with Gasteiger partial charge in [0, 0.05) is 41.3 Å². The van der Waals surface area contributed by atoms with E-state index < -0.39 is 17.6 Å². The Bertz CT molecular complexity index is 1340. The molecule has 1 atom stereocenters. The third-order valence-corrected chi connectivity index (χ3v) is 6.38. The van der Waals surface area contributed by atoms with E-state index in [0.717, 1.165) is 5.56 Å². The first kappa shape index (κ1) is 28.0. The van der Waals surface area contributed by atoms with Crippen LogP contribution in [0.1, 0.15) is 55.6 Å². The number of anilines is 1. The van der Waals surface area contributed by atoms with Crippen LogP contribution in [0.5, 0.6) is 0 Å². The summed E-state index contributed by atoms with van der Waals surface area (Å²) in [6, 6.07) is 12.6. The van der Waals surface area contributed by atoms with Crippen LogP contribution in [-0.2, 0) is 26.3 Å². The van der Waals surface area contributed by atoms with Crippen molar-refractivity contribution in [3.8, 4) is 0 Å². The Morgan fingerprint density at radius 1 is 1.05 bits per heavy atom. The van der Waals surface area contributed by atoms with Gasteiger partial charge in [0.1, 0.15) is 18.2 Å². The van der Waals surface area contributed by atoms with Gasteiger partial charge in [-0.3, -0.25) is 9.59 Å². The van der Waals surface area contributed by atoms with Gasteiger partial charge in [0.2, 0.25) is 5.91 Å². The molecule has 0 radical (unpaired) electrons. The standard InChI is InChI=1S/C28H32N2O6S/c1-17(31)29-21-10-11-22-19(14-25(32)36-24(22)15-21)16-35-27(34)23(12-13-37-5)30-26(33)18-6-8-20(9-7-18)28(2,3)4/h6-11,14-15,23H,12-13,16H2,1-5H3,(H,29,31)(H,30,33)/t23-/m0/s1. The largest absolute Gasteiger partial charge is 0.459 e. The normalized spacial score (nSPS) is 12.1. The number of benzene rings is 2. The Balaban J connectivity index is 1.74. The third-order valence-electron chi connectivity index (χ3n) is 5.73. The quantitative estimate of drug-likeness (QED) is 0.309. The Morgan fingerprint density at radius 2 is 1.76 bits per heavy atom. The molecule has 1 aromatic heterocycles. The van der Waals surface area contributed by atoms with E-state index in [-0.39, 0.29) is 29.4 Å². The van der Waals surface area contributed by atoms with Crippen molar-refractivity contribution in [2.45, 2.75) is 52.2 Å². The van der Waals surface area contributed by atoms with Crippen LogP contribution in [0.3, 0.4) is 0 Å². The average molecular weight is 525 g/mol. The fraction of sp³-hybridized carbons (Fsp3) is 0.357. The summed E-state index contributed by atoms with van der Waals surface area (Å²) in [4.78, 5) is 49.3. The van der Waals surface area contributed by atoms with Crippen molar-refractivity contribution in [3.05, 3.63) is 75.6 Å². The molecule has 0 aliphatic carbocycles. The number of carbonyl (C=O) groups excluding carboxylic acids is 3. The molecule has 2 aromatic carbocycles. The van der Waals surface area contributed by atoms with Crippen molar-refractivity contribution >= 4 is 46.2 Å². The van der Waals surface area contributed by atoms with E-state index in [2.05, 4.69) is 31.4 Å². The van der Waals surface area contributed by atoms with Crippen molar-refractivity contribution in [3.63, 3.8) is 0 Å². The zero-order valence-corrected chi connectivity index (χ0v) is 22.5. The Morgan fingerprint density at radius 3 is 2.38 bits per heavy atom. The molecule has 0 unspecified atom stereocenters. The highest BCUT2D eigenvalue weighted by Gasteiger charge is 2.24. The molecular formula is C28H32N2O6S. The molecule has 2 amide bonds. The average Bonchev–Trinajstić information content (AvgIpc) is 2.83. The summed E-state index contributed by atoms with van der Waals surface area (Å²) in [6.07, 6.45) is 2.31. The van der Waals surface area contributed by atoms with Gasteiger partial charge in [0.05, 0.1) is 0 Å². The number of thioether (sulfide) groups is 1. The van der Waals surface area contributed by atoms with Crippen LogP contribution in [0.2, 0.25) is 0 Å². The van der Waals surface area contributed by atoms with E-state index in [1.807, 2.05) is 18.4 Å². The number of nitrogens with one attached hydrogen (secondary N) is 2. The molecular weight excluding hydrogens is 492 g/mol. The first-order chi connectivity index (χ1) is 17.5. The summed E-state index contributed by atoms with van der Waals surface area (Å²) in [6.45, 7) is 7.49. The SMILES string of the molecule is CSCC[C@H](NC(=O)c1ccc(C(C)(C)C)cc1)C(=O)OCc1cc(=O)oc2cc(NC(C)=O)ccc12. The highest BCUT2D eigenvalue weighted by Crippen LogP contribution is 2.23. The van der Waals surface area contributed by atoms with Crippen LogP contribution in [0.15, 0.2) is 57.7 Å². The van der Waals surface area contributed by atoms with Gasteiger partial charge < -0.3 is 19.8 Å². The smallest absolute Gasteiger partial charge is 0.336 e. The van der Waals surface area contributed by atoms with Crippen molar-refractivity contribution in [2.24, 2.45) is 0 Å². The zero-order chi connectivity index (χ0) is 27.2.